The maximum atomic E-state index is 11.0. The van der Waals surface area contributed by atoms with Gasteiger partial charge in [0.05, 0.1) is 4.92 Å². The molecule has 1 heterocycles. The smallest absolute Gasteiger partial charge is 0.292 e. The molecule has 0 amide bonds. The van der Waals surface area contributed by atoms with Crippen molar-refractivity contribution in [3.8, 4) is 0 Å². The van der Waals surface area contributed by atoms with Gasteiger partial charge in [-0.1, -0.05) is 11.6 Å². The van der Waals surface area contributed by atoms with Crippen LogP contribution in [0.3, 0.4) is 0 Å². The van der Waals surface area contributed by atoms with E-state index in [0.717, 1.165) is 25.9 Å². The van der Waals surface area contributed by atoms with E-state index in [4.69, 9.17) is 17.3 Å². The summed E-state index contributed by atoms with van der Waals surface area (Å²) in [5, 5.41) is 11.6. The van der Waals surface area contributed by atoms with Crippen molar-refractivity contribution in [3.63, 3.8) is 0 Å². The predicted molar refractivity (Wildman–Crippen MR) is 72.1 cm³/mol. The van der Waals surface area contributed by atoms with Gasteiger partial charge in [-0.05, 0) is 37.4 Å². The summed E-state index contributed by atoms with van der Waals surface area (Å²) in [5.74, 6) is 0.400. The van der Waals surface area contributed by atoms with Crippen molar-refractivity contribution in [2.24, 2.45) is 11.7 Å². The minimum absolute atomic E-state index is 0.108. The van der Waals surface area contributed by atoms with Crippen LogP contribution in [0.1, 0.15) is 12.8 Å². The second-order valence-electron chi connectivity index (χ2n) is 4.58. The summed E-state index contributed by atoms with van der Waals surface area (Å²) >= 11 is 5.94. The summed E-state index contributed by atoms with van der Waals surface area (Å²) < 4.78 is 0. The Morgan fingerprint density at radius 1 is 1.56 bits per heavy atom. The monoisotopic (exact) mass is 269 g/mol. The highest BCUT2D eigenvalue weighted by Crippen LogP contribution is 2.33. The topological polar surface area (TPSA) is 72.4 Å². The van der Waals surface area contributed by atoms with Gasteiger partial charge >= 0.3 is 0 Å². The van der Waals surface area contributed by atoms with Crippen molar-refractivity contribution in [1.82, 2.24) is 0 Å². The molecular weight excluding hydrogens is 254 g/mol. The molecule has 6 heteroatoms. The highest BCUT2D eigenvalue weighted by Gasteiger charge is 2.25. The first-order valence-electron chi connectivity index (χ1n) is 6.00. The lowest BCUT2D eigenvalue weighted by atomic mass is 9.97. The molecule has 1 aromatic rings. The lowest BCUT2D eigenvalue weighted by molar-refractivity contribution is -0.384. The fourth-order valence-electron chi connectivity index (χ4n) is 2.38. The van der Waals surface area contributed by atoms with E-state index >= 15 is 0 Å². The standard InChI is InChI=1S/C12H16ClN3O2/c13-10-3-4-11(16(17)18)12(6-10)15-5-1-2-9(7-14)8-15/h3-4,6,9H,1-2,5,7-8,14H2. The summed E-state index contributed by atoms with van der Waals surface area (Å²) in [7, 11) is 0. The van der Waals surface area contributed by atoms with Gasteiger partial charge in [0, 0.05) is 24.2 Å². The Hall–Kier alpha value is -1.33. The first kappa shape index (κ1) is 13.1. The van der Waals surface area contributed by atoms with E-state index < -0.39 is 0 Å². The maximum Gasteiger partial charge on any atom is 0.292 e. The van der Waals surface area contributed by atoms with Gasteiger partial charge in [0.1, 0.15) is 5.69 Å². The van der Waals surface area contributed by atoms with Gasteiger partial charge < -0.3 is 10.6 Å². The number of nitrogens with two attached hydrogens (primary N) is 1. The van der Waals surface area contributed by atoms with Gasteiger partial charge in [-0.25, -0.2) is 0 Å². The molecule has 2 N–H and O–H groups in total. The largest absolute Gasteiger partial charge is 0.366 e. The third kappa shape index (κ3) is 2.73. The van der Waals surface area contributed by atoms with Crippen molar-refractivity contribution in [2.75, 3.05) is 24.5 Å². The molecule has 1 unspecified atom stereocenters. The van der Waals surface area contributed by atoms with Gasteiger partial charge in [0.2, 0.25) is 0 Å². The van der Waals surface area contributed by atoms with Gasteiger partial charge in [-0.15, -0.1) is 0 Å². The molecule has 1 fully saturated rings. The zero-order valence-corrected chi connectivity index (χ0v) is 10.8. The maximum absolute atomic E-state index is 11.0. The first-order chi connectivity index (χ1) is 8.61. The van der Waals surface area contributed by atoms with E-state index in [2.05, 4.69) is 0 Å². The average molecular weight is 270 g/mol. The summed E-state index contributed by atoms with van der Waals surface area (Å²) in [4.78, 5) is 12.7. The molecule has 0 aromatic heterocycles. The van der Waals surface area contributed by atoms with Gasteiger partial charge in [0.25, 0.3) is 5.69 Å². The highest BCUT2D eigenvalue weighted by molar-refractivity contribution is 6.31. The number of hydrogen-bond acceptors (Lipinski definition) is 4. The average Bonchev–Trinajstić information content (AvgIpc) is 2.38. The van der Waals surface area contributed by atoms with Gasteiger partial charge in [0.15, 0.2) is 0 Å². The number of nitro benzene ring substituents is 1. The minimum atomic E-state index is -0.363. The number of benzene rings is 1. The fraction of sp³-hybridized carbons (Fsp3) is 0.500. The Balaban J connectivity index is 2.31. The van der Waals surface area contributed by atoms with Crippen LogP contribution in [0.4, 0.5) is 11.4 Å². The van der Waals surface area contributed by atoms with Crippen LogP contribution >= 0.6 is 11.6 Å². The van der Waals surface area contributed by atoms with E-state index in [1.165, 1.54) is 6.07 Å². The van der Waals surface area contributed by atoms with E-state index in [0.29, 0.717) is 23.2 Å². The number of nitrogens with zero attached hydrogens (tertiary/aromatic N) is 2. The summed E-state index contributed by atoms with van der Waals surface area (Å²) in [5.41, 5.74) is 6.40. The SMILES string of the molecule is NCC1CCCN(c2cc(Cl)ccc2[N+](=O)[O-])C1. The lowest BCUT2D eigenvalue weighted by Gasteiger charge is -2.33. The molecule has 5 nitrogen and oxygen atoms in total. The van der Waals surface area contributed by atoms with Crippen molar-refractivity contribution in [3.05, 3.63) is 33.3 Å². The lowest BCUT2D eigenvalue weighted by Crippen LogP contribution is -2.38. The third-order valence-corrected chi connectivity index (χ3v) is 3.56. The van der Waals surface area contributed by atoms with Crippen LogP contribution in [0.2, 0.25) is 5.02 Å². The predicted octanol–water partition coefficient (Wildman–Crippen LogP) is 2.42. The number of anilines is 1. The molecule has 2 rings (SSSR count). The minimum Gasteiger partial charge on any atom is -0.366 e. The molecule has 0 radical (unpaired) electrons. The Morgan fingerprint density at radius 2 is 2.33 bits per heavy atom. The number of hydrogen-bond donors (Lipinski definition) is 1. The summed E-state index contributed by atoms with van der Waals surface area (Å²) in [6, 6.07) is 4.68. The Bertz CT molecular complexity index is 453. The van der Waals surface area contributed by atoms with Crippen LogP contribution in [0.15, 0.2) is 18.2 Å². The van der Waals surface area contributed by atoms with Crippen LogP contribution in [0.25, 0.3) is 0 Å². The molecule has 1 aliphatic heterocycles. The number of rotatable bonds is 3. The van der Waals surface area contributed by atoms with Crippen molar-refractivity contribution in [1.29, 1.82) is 0 Å². The molecule has 98 valence electrons. The highest BCUT2D eigenvalue weighted by atomic mass is 35.5. The molecule has 0 aliphatic carbocycles. The van der Waals surface area contributed by atoms with Crippen LogP contribution < -0.4 is 10.6 Å². The second kappa shape index (κ2) is 5.54. The number of piperidine rings is 1. The molecular formula is C12H16ClN3O2. The third-order valence-electron chi connectivity index (χ3n) is 3.33. The first-order valence-corrected chi connectivity index (χ1v) is 6.38. The molecule has 0 bridgehead atoms. The van der Waals surface area contributed by atoms with Crippen molar-refractivity contribution >= 4 is 23.0 Å². The van der Waals surface area contributed by atoms with E-state index in [1.54, 1.807) is 12.1 Å². The van der Waals surface area contributed by atoms with Gasteiger partial charge in [-0.2, -0.15) is 0 Å². The zero-order valence-electron chi connectivity index (χ0n) is 10.0. The van der Waals surface area contributed by atoms with E-state index in [9.17, 15) is 10.1 Å². The summed E-state index contributed by atoms with van der Waals surface area (Å²) in [6.07, 6.45) is 2.09. The van der Waals surface area contributed by atoms with E-state index in [1.807, 2.05) is 4.90 Å². The van der Waals surface area contributed by atoms with Crippen LogP contribution in [0.5, 0.6) is 0 Å². The quantitative estimate of drug-likeness (QED) is 0.676. The Kier molecular flexibility index (Phi) is 4.04. The van der Waals surface area contributed by atoms with E-state index in [-0.39, 0.29) is 10.6 Å². The number of halogens is 1. The number of nitro groups is 1. The Morgan fingerprint density at radius 3 is 3.00 bits per heavy atom. The Labute approximate surface area is 111 Å². The fourth-order valence-corrected chi connectivity index (χ4v) is 2.55. The zero-order chi connectivity index (χ0) is 13.1. The molecule has 1 aliphatic rings. The molecule has 0 saturated carbocycles. The van der Waals surface area contributed by atoms with Crippen LogP contribution in [0, 0.1) is 16.0 Å². The van der Waals surface area contributed by atoms with Crippen LogP contribution in [-0.4, -0.2) is 24.6 Å². The van der Waals surface area contributed by atoms with Crippen molar-refractivity contribution < 1.29 is 4.92 Å². The molecule has 1 atom stereocenters. The van der Waals surface area contributed by atoms with Gasteiger partial charge in [-0.3, -0.25) is 10.1 Å². The second-order valence-corrected chi connectivity index (χ2v) is 5.02. The molecule has 0 spiro atoms. The molecule has 1 aromatic carbocycles. The molecule has 18 heavy (non-hydrogen) atoms. The normalized spacial score (nSPS) is 19.9. The van der Waals surface area contributed by atoms with Crippen molar-refractivity contribution in [2.45, 2.75) is 12.8 Å². The van der Waals surface area contributed by atoms with Crippen LogP contribution in [-0.2, 0) is 0 Å². The summed E-state index contributed by atoms with van der Waals surface area (Å²) in [6.45, 7) is 2.19. The molecule has 1 saturated heterocycles.